The Kier molecular flexibility index (Phi) is 3.21. The molecule has 2 saturated carbocycles. The minimum atomic E-state index is 0.764. The number of rotatable bonds is 4. The first-order valence-corrected chi connectivity index (χ1v) is 7.23. The molecule has 2 heteroatoms. The van der Waals surface area contributed by atoms with Gasteiger partial charge in [0.25, 0.3) is 0 Å². The van der Waals surface area contributed by atoms with E-state index in [2.05, 4.69) is 12.2 Å². The third-order valence-electron chi connectivity index (χ3n) is 5.05. The summed E-state index contributed by atoms with van der Waals surface area (Å²) in [6.07, 6.45) is 7.26. The predicted octanol–water partition coefficient (Wildman–Crippen LogP) is 2.44. The monoisotopic (exact) mass is 223 g/mol. The van der Waals surface area contributed by atoms with Crippen LogP contribution in [0.25, 0.3) is 0 Å². The maximum atomic E-state index is 5.58. The van der Waals surface area contributed by atoms with Gasteiger partial charge in [-0.3, -0.25) is 0 Å². The van der Waals surface area contributed by atoms with Gasteiger partial charge in [-0.25, -0.2) is 0 Å². The van der Waals surface area contributed by atoms with Gasteiger partial charge in [-0.05, 0) is 43.6 Å². The van der Waals surface area contributed by atoms with Crippen molar-refractivity contribution in [2.45, 2.75) is 45.1 Å². The molecule has 0 aromatic heterocycles. The lowest BCUT2D eigenvalue weighted by Gasteiger charge is -2.24. The average molecular weight is 223 g/mol. The molecular formula is C14H25NO. The largest absolute Gasteiger partial charge is 0.381 e. The molecule has 92 valence electrons. The van der Waals surface area contributed by atoms with Gasteiger partial charge in [0.1, 0.15) is 0 Å². The molecule has 3 fully saturated rings. The standard InChI is InChI=1S/C14H25NO/c1-2-15-14(10-7-8-16-9-10)13-11-5-3-4-6-12(11)13/h10-15H,2-9H2,1H3. The zero-order valence-corrected chi connectivity index (χ0v) is 10.5. The summed E-state index contributed by atoms with van der Waals surface area (Å²) in [5.74, 6) is 3.93. The van der Waals surface area contributed by atoms with E-state index in [1.165, 1.54) is 32.1 Å². The summed E-state index contributed by atoms with van der Waals surface area (Å²) in [7, 11) is 0. The van der Waals surface area contributed by atoms with E-state index in [0.717, 1.165) is 49.5 Å². The van der Waals surface area contributed by atoms with Crippen molar-refractivity contribution >= 4 is 0 Å². The van der Waals surface area contributed by atoms with Crippen LogP contribution in [-0.4, -0.2) is 25.8 Å². The van der Waals surface area contributed by atoms with Gasteiger partial charge in [0, 0.05) is 18.6 Å². The molecule has 2 nitrogen and oxygen atoms in total. The van der Waals surface area contributed by atoms with E-state index in [0.29, 0.717) is 0 Å². The topological polar surface area (TPSA) is 21.3 Å². The van der Waals surface area contributed by atoms with Crippen LogP contribution >= 0.6 is 0 Å². The molecule has 0 amide bonds. The van der Waals surface area contributed by atoms with Crippen LogP contribution in [0.5, 0.6) is 0 Å². The zero-order valence-electron chi connectivity index (χ0n) is 10.5. The van der Waals surface area contributed by atoms with Crippen molar-refractivity contribution in [3.05, 3.63) is 0 Å². The second kappa shape index (κ2) is 4.66. The lowest BCUT2D eigenvalue weighted by atomic mass is 9.93. The Labute approximate surface area is 99.1 Å². The van der Waals surface area contributed by atoms with Crippen LogP contribution in [0.2, 0.25) is 0 Å². The molecule has 4 unspecified atom stereocenters. The van der Waals surface area contributed by atoms with Gasteiger partial charge in [0.05, 0.1) is 6.61 Å². The SMILES string of the molecule is CCNC(C1CCOC1)C1C2CCCCC21. The smallest absolute Gasteiger partial charge is 0.0510 e. The molecular weight excluding hydrogens is 198 g/mol. The Balaban J connectivity index is 1.64. The van der Waals surface area contributed by atoms with Crippen molar-refractivity contribution in [2.24, 2.45) is 23.7 Å². The predicted molar refractivity (Wildman–Crippen MR) is 65.3 cm³/mol. The molecule has 3 rings (SSSR count). The van der Waals surface area contributed by atoms with Gasteiger partial charge in [0.2, 0.25) is 0 Å². The molecule has 4 atom stereocenters. The summed E-state index contributed by atoms with van der Waals surface area (Å²) < 4.78 is 5.58. The van der Waals surface area contributed by atoms with E-state index >= 15 is 0 Å². The molecule has 0 aromatic rings. The average Bonchev–Trinajstić information content (AvgIpc) is 2.78. The first-order valence-electron chi connectivity index (χ1n) is 7.23. The molecule has 0 radical (unpaired) electrons. The summed E-state index contributed by atoms with van der Waals surface area (Å²) in [5.41, 5.74) is 0. The summed E-state index contributed by atoms with van der Waals surface area (Å²) >= 11 is 0. The van der Waals surface area contributed by atoms with Crippen LogP contribution in [0.15, 0.2) is 0 Å². The summed E-state index contributed by atoms with van der Waals surface area (Å²) in [5, 5.41) is 3.76. The highest BCUT2D eigenvalue weighted by atomic mass is 16.5. The summed E-state index contributed by atoms with van der Waals surface area (Å²) in [4.78, 5) is 0. The van der Waals surface area contributed by atoms with Gasteiger partial charge in [0.15, 0.2) is 0 Å². The third kappa shape index (κ3) is 1.91. The van der Waals surface area contributed by atoms with Crippen LogP contribution in [-0.2, 0) is 4.74 Å². The zero-order chi connectivity index (χ0) is 11.0. The number of ether oxygens (including phenoxy) is 1. The van der Waals surface area contributed by atoms with E-state index in [-0.39, 0.29) is 0 Å². The minimum absolute atomic E-state index is 0.764. The molecule has 3 aliphatic rings. The van der Waals surface area contributed by atoms with Crippen LogP contribution in [0, 0.1) is 23.7 Å². The van der Waals surface area contributed by atoms with Gasteiger partial charge < -0.3 is 10.1 Å². The highest BCUT2D eigenvalue weighted by Gasteiger charge is 2.55. The number of nitrogens with one attached hydrogen (secondary N) is 1. The normalized spacial score (nSPS) is 44.1. The molecule has 2 aliphatic carbocycles. The quantitative estimate of drug-likeness (QED) is 0.790. The van der Waals surface area contributed by atoms with Crippen LogP contribution in [0.4, 0.5) is 0 Å². The molecule has 0 spiro atoms. The fourth-order valence-corrected chi connectivity index (χ4v) is 4.27. The van der Waals surface area contributed by atoms with Crippen molar-refractivity contribution in [3.63, 3.8) is 0 Å². The van der Waals surface area contributed by atoms with E-state index < -0.39 is 0 Å². The van der Waals surface area contributed by atoms with E-state index in [4.69, 9.17) is 4.74 Å². The van der Waals surface area contributed by atoms with Crippen molar-refractivity contribution in [3.8, 4) is 0 Å². The number of hydrogen-bond donors (Lipinski definition) is 1. The van der Waals surface area contributed by atoms with Crippen LogP contribution in [0.3, 0.4) is 0 Å². The first kappa shape index (κ1) is 11.0. The number of fused-ring (bicyclic) bond motifs is 1. The van der Waals surface area contributed by atoms with Crippen LogP contribution in [0.1, 0.15) is 39.0 Å². The fourth-order valence-electron chi connectivity index (χ4n) is 4.27. The Bertz CT molecular complexity index is 225. The minimum Gasteiger partial charge on any atom is -0.381 e. The van der Waals surface area contributed by atoms with Gasteiger partial charge in [-0.2, -0.15) is 0 Å². The van der Waals surface area contributed by atoms with Gasteiger partial charge >= 0.3 is 0 Å². The molecule has 16 heavy (non-hydrogen) atoms. The molecule has 1 heterocycles. The van der Waals surface area contributed by atoms with E-state index in [1.54, 1.807) is 0 Å². The second-order valence-corrected chi connectivity index (χ2v) is 5.90. The molecule has 0 aromatic carbocycles. The lowest BCUT2D eigenvalue weighted by molar-refractivity contribution is 0.172. The van der Waals surface area contributed by atoms with Crippen LogP contribution < -0.4 is 5.32 Å². The van der Waals surface area contributed by atoms with E-state index in [1.807, 2.05) is 0 Å². The Morgan fingerprint density at radius 1 is 1.19 bits per heavy atom. The second-order valence-electron chi connectivity index (χ2n) is 5.90. The Hall–Kier alpha value is -0.0800. The number of hydrogen-bond acceptors (Lipinski definition) is 2. The molecule has 1 aliphatic heterocycles. The van der Waals surface area contributed by atoms with Crippen molar-refractivity contribution in [1.82, 2.24) is 5.32 Å². The maximum Gasteiger partial charge on any atom is 0.0510 e. The Morgan fingerprint density at radius 2 is 1.94 bits per heavy atom. The lowest BCUT2D eigenvalue weighted by Crippen LogP contribution is -2.39. The van der Waals surface area contributed by atoms with Crippen molar-refractivity contribution in [1.29, 1.82) is 0 Å². The summed E-state index contributed by atoms with van der Waals surface area (Å²) in [6.45, 7) is 5.37. The third-order valence-corrected chi connectivity index (χ3v) is 5.05. The fraction of sp³-hybridized carbons (Fsp3) is 1.00. The van der Waals surface area contributed by atoms with E-state index in [9.17, 15) is 0 Å². The highest BCUT2D eigenvalue weighted by Crippen LogP contribution is 2.58. The highest BCUT2D eigenvalue weighted by molar-refractivity contribution is 5.06. The van der Waals surface area contributed by atoms with Crippen molar-refractivity contribution in [2.75, 3.05) is 19.8 Å². The first-order chi connectivity index (χ1) is 7.92. The molecule has 1 N–H and O–H groups in total. The Morgan fingerprint density at radius 3 is 2.50 bits per heavy atom. The molecule has 1 saturated heterocycles. The molecule has 0 bridgehead atoms. The van der Waals surface area contributed by atoms with Gasteiger partial charge in [-0.1, -0.05) is 19.8 Å². The van der Waals surface area contributed by atoms with Gasteiger partial charge in [-0.15, -0.1) is 0 Å². The maximum absolute atomic E-state index is 5.58. The summed E-state index contributed by atoms with van der Waals surface area (Å²) in [6, 6.07) is 0.764. The van der Waals surface area contributed by atoms with Crippen molar-refractivity contribution < 1.29 is 4.74 Å².